The largest absolute Gasteiger partial charge is 0.493 e. The molecule has 3 aromatic carbocycles. The molecule has 2 fully saturated rings. The van der Waals surface area contributed by atoms with Gasteiger partial charge >= 0.3 is 0 Å². The second kappa shape index (κ2) is 10.2. The number of hydrogen-bond acceptors (Lipinski definition) is 5. The minimum absolute atomic E-state index is 0.0176. The Morgan fingerprint density at radius 3 is 2.76 bits per heavy atom. The summed E-state index contributed by atoms with van der Waals surface area (Å²) in [6.07, 6.45) is 3.35. The van der Waals surface area contributed by atoms with Gasteiger partial charge in [-0.25, -0.2) is 0 Å². The number of piperidine rings is 1. The number of aliphatic hydroxyl groups is 1. The van der Waals surface area contributed by atoms with E-state index in [2.05, 4.69) is 53.1 Å². The highest BCUT2D eigenvalue weighted by Gasteiger charge is 2.73. The third-order valence-corrected chi connectivity index (χ3v) is 10.4. The number of carbonyl (C=O) groups excluding carboxylic acids is 1. The summed E-state index contributed by atoms with van der Waals surface area (Å²) in [6, 6.07) is 22.4. The highest BCUT2D eigenvalue weighted by atomic mass is 16.5. The van der Waals surface area contributed by atoms with Gasteiger partial charge in [0, 0.05) is 36.7 Å². The number of amides is 1. The molecule has 1 saturated carbocycles. The highest BCUT2D eigenvalue weighted by Crippen LogP contribution is 2.65. The Morgan fingerprint density at radius 1 is 1.14 bits per heavy atom. The molecule has 0 unspecified atom stereocenters. The topological polar surface area (TPSA) is 62.2 Å². The lowest BCUT2D eigenvalue weighted by atomic mass is 9.48. The summed E-state index contributed by atoms with van der Waals surface area (Å²) < 4.78 is 12.6. The maximum atomic E-state index is 13.5. The Hall–Kier alpha value is -3.79. The molecule has 6 nitrogen and oxygen atoms in total. The maximum absolute atomic E-state index is 13.5. The van der Waals surface area contributed by atoms with Gasteiger partial charge in [-0.2, -0.15) is 0 Å². The number of hydrogen-bond donors (Lipinski definition) is 1. The van der Waals surface area contributed by atoms with Crippen molar-refractivity contribution in [3.05, 3.63) is 94.5 Å². The van der Waals surface area contributed by atoms with Crippen LogP contribution >= 0.6 is 0 Å². The third-order valence-electron chi connectivity index (χ3n) is 10.4. The first-order chi connectivity index (χ1) is 20.4. The lowest BCUT2D eigenvalue weighted by Gasteiger charge is -2.64. The van der Waals surface area contributed by atoms with Crippen LogP contribution in [0.15, 0.2) is 66.7 Å². The van der Waals surface area contributed by atoms with E-state index in [0.29, 0.717) is 18.6 Å². The average molecular weight is 563 g/mol. The van der Waals surface area contributed by atoms with Crippen LogP contribution in [0.3, 0.4) is 0 Å². The molecule has 6 heteroatoms. The number of benzene rings is 3. The molecule has 2 aliphatic heterocycles. The van der Waals surface area contributed by atoms with Crippen LogP contribution in [-0.4, -0.2) is 71.8 Å². The predicted molar refractivity (Wildman–Crippen MR) is 162 cm³/mol. The molecule has 0 aromatic heterocycles. The SMILES string of the molecule is COc1ccc2c3c1O[C@H]1[C@@H](N(C)C(=O)C#Cc4cccc(C)c4)CC[C@@]4(O)[C@@H](C2)N(CCc2ccccc2)CC[C@]314. The molecule has 42 heavy (non-hydrogen) atoms. The van der Waals surface area contributed by atoms with E-state index in [1.807, 2.05) is 44.3 Å². The fourth-order valence-corrected chi connectivity index (χ4v) is 8.42. The second-order valence-corrected chi connectivity index (χ2v) is 12.4. The van der Waals surface area contributed by atoms with Gasteiger partial charge in [0.25, 0.3) is 5.91 Å². The summed E-state index contributed by atoms with van der Waals surface area (Å²) in [5.74, 6) is 7.13. The summed E-state index contributed by atoms with van der Waals surface area (Å²) >= 11 is 0. The minimum atomic E-state index is -0.967. The van der Waals surface area contributed by atoms with Gasteiger partial charge in [0.05, 0.1) is 24.2 Å². The molecule has 1 saturated heterocycles. The van der Waals surface area contributed by atoms with Gasteiger partial charge in [-0.3, -0.25) is 9.69 Å². The van der Waals surface area contributed by atoms with Crippen LogP contribution in [0.1, 0.15) is 47.1 Å². The van der Waals surface area contributed by atoms with Crippen molar-refractivity contribution in [1.29, 1.82) is 0 Å². The molecular weight excluding hydrogens is 524 g/mol. The van der Waals surface area contributed by atoms with Crippen molar-refractivity contribution in [2.75, 3.05) is 27.2 Å². The van der Waals surface area contributed by atoms with Crippen molar-refractivity contribution < 1.29 is 19.4 Å². The van der Waals surface area contributed by atoms with Crippen molar-refractivity contribution >= 4 is 5.91 Å². The highest BCUT2D eigenvalue weighted by molar-refractivity contribution is 5.94. The number of rotatable bonds is 5. The number of methoxy groups -OCH3 is 1. The predicted octanol–water partition coefficient (Wildman–Crippen LogP) is 4.28. The standard InChI is InChI=1S/C36H38N2O4/c1-24-8-7-11-26(22-24)12-15-31(39)37(2)28-16-18-36(40)30-23-27-13-14-29(41-3)33-32(27)35(36,34(28)42-33)19-21-38(30)20-17-25-9-5-4-6-10-25/h4-11,13-14,22,28,30,34,40H,16-21,23H2,1-3H3/t28-,30+,34-,35-,36+/m0/s1. The van der Waals surface area contributed by atoms with E-state index in [1.165, 1.54) is 11.1 Å². The molecule has 5 atom stereocenters. The number of likely N-dealkylation sites (N-methyl/N-ethyl adjacent to an activating group) is 1. The lowest BCUT2D eigenvalue weighted by molar-refractivity contribution is -0.199. The van der Waals surface area contributed by atoms with Gasteiger partial charge in [0.15, 0.2) is 11.5 Å². The number of aryl methyl sites for hydroxylation is 1. The van der Waals surface area contributed by atoms with Crippen molar-refractivity contribution in [3.63, 3.8) is 0 Å². The maximum Gasteiger partial charge on any atom is 0.298 e. The summed E-state index contributed by atoms with van der Waals surface area (Å²) in [7, 11) is 3.50. The van der Waals surface area contributed by atoms with Crippen molar-refractivity contribution in [2.24, 2.45) is 0 Å². The van der Waals surface area contributed by atoms with E-state index in [-0.39, 0.29) is 24.1 Å². The van der Waals surface area contributed by atoms with E-state index >= 15 is 0 Å². The van der Waals surface area contributed by atoms with Crippen molar-refractivity contribution in [1.82, 2.24) is 9.80 Å². The third kappa shape index (κ3) is 3.98. The van der Waals surface area contributed by atoms with Crippen LogP contribution in [0.25, 0.3) is 0 Å². The van der Waals surface area contributed by atoms with Crippen LogP contribution in [-0.2, 0) is 23.1 Å². The fraction of sp³-hybridized carbons (Fsp3) is 0.417. The molecule has 7 rings (SSSR count). The van der Waals surface area contributed by atoms with Gasteiger partial charge in [0.1, 0.15) is 6.10 Å². The summed E-state index contributed by atoms with van der Waals surface area (Å²) in [4.78, 5) is 17.7. The van der Waals surface area contributed by atoms with Gasteiger partial charge in [0.2, 0.25) is 0 Å². The van der Waals surface area contributed by atoms with Crippen LogP contribution in [0.4, 0.5) is 0 Å². The van der Waals surface area contributed by atoms with Crippen LogP contribution in [0.5, 0.6) is 11.5 Å². The molecule has 0 radical (unpaired) electrons. The fourth-order valence-electron chi connectivity index (χ4n) is 8.42. The quantitative estimate of drug-likeness (QED) is 0.471. The minimum Gasteiger partial charge on any atom is -0.493 e. The van der Waals surface area contributed by atoms with E-state index in [9.17, 15) is 9.90 Å². The Kier molecular flexibility index (Phi) is 6.56. The lowest BCUT2D eigenvalue weighted by Crippen LogP contribution is -2.78. The molecule has 2 heterocycles. The zero-order chi connectivity index (χ0) is 29.1. The molecule has 4 aliphatic rings. The van der Waals surface area contributed by atoms with Crippen molar-refractivity contribution in [2.45, 2.75) is 68.2 Å². The first-order valence-electron chi connectivity index (χ1n) is 15.1. The Morgan fingerprint density at radius 2 is 1.98 bits per heavy atom. The number of nitrogens with zero attached hydrogens (tertiary/aromatic N) is 2. The van der Waals surface area contributed by atoms with E-state index < -0.39 is 11.0 Å². The molecule has 2 aliphatic carbocycles. The number of likely N-dealkylation sites (tertiary alicyclic amines) is 1. The van der Waals surface area contributed by atoms with Gasteiger partial charge in [-0.05, 0) is 80.5 Å². The molecular formula is C36H38N2O4. The van der Waals surface area contributed by atoms with E-state index in [0.717, 1.165) is 54.8 Å². The Labute approximate surface area is 248 Å². The Balaban J connectivity index is 1.24. The normalized spacial score (nSPS) is 28.6. The first-order valence-corrected chi connectivity index (χ1v) is 15.1. The number of ether oxygens (including phenoxy) is 2. The smallest absolute Gasteiger partial charge is 0.298 e. The molecule has 1 amide bonds. The van der Waals surface area contributed by atoms with Gasteiger partial charge in [-0.1, -0.05) is 54.5 Å². The molecule has 1 spiro atoms. The number of carbonyl (C=O) groups is 1. The molecule has 1 N–H and O–H groups in total. The summed E-state index contributed by atoms with van der Waals surface area (Å²) in [5, 5.41) is 12.9. The van der Waals surface area contributed by atoms with Gasteiger partial charge < -0.3 is 19.5 Å². The summed E-state index contributed by atoms with van der Waals surface area (Å²) in [5.41, 5.74) is 3.99. The molecule has 2 bridgehead atoms. The van der Waals surface area contributed by atoms with E-state index in [1.54, 1.807) is 12.0 Å². The average Bonchev–Trinajstić information content (AvgIpc) is 3.35. The summed E-state index contributed by atoms with van der Waals surface area (Å²) in [6.45, 7) is 3.78. The zero-order valence-corrected chi connectivity index (χ0v) is 24.6. The molecule has 216 valence electrons. The van der Waals surface area contributed by atoms with Crippen LogP contribution in [0, 0.1) is 18.8 Å². The first kappa shape index (κ1) is 27.1. The second-order valence-electron chi connectivity index (χ2n) is 12.4. The zero-order valence-electron chi connectivity index (χ0n) is 24.6. The monoisotopic (exact) mass is 562 g/mol. The van der Waals surface area contributed by atoms with E-state index in [4.69, 9.17) is 9.47 Å². The molecule has 3 aromatic rings. The van der Waals surface area contributed by atoms with Gasteiger partial charge in [-0.15, -0.1) is 0 Å². The van der Waals surface area contributed by atoms with Crippen LogP contribution in [0.2, 0.25) is 0 Å². The van der Waals surface area contributed by atoms with Crippen molar-refractivity contribution in [3.8, 4) is 23.3 Å². The van der Waals surface area contributed by atoms with Crippen LogP contribution < -0.4 is 9.47 Å². The Bertz CT molecular complexity index is 1590.